The van der Waals surface area contributed by atoms with Crippen molar-refractivity contribution in [3.63, 3.8) is 0 Å². The predicted molar refractivity (Wildman–Crippen MR) is 51.6 cm³/mol. The lowest BCUT2D eigenvalue weighted by molar-refractivity contribution is 0.0697. The Kier molecular flexibility index (Phi) is 2.93. The molecule has 0 unspecified atom stereocenters. The highest BCUT2D eigenvalue weighted by molar-refractivity contribution is 6.33. The number of carboxylic acid groups (broad SMARTS) is 1. The molecule has 0 saturated carbocycles. The molecule has 0 fully saturated rings. The van der Waals surface area contributed by atoms with Gasteiger partial charge in [0.2, 0.25) is 0 Å². The Morgan fingerprint density at radius 2 is 2.07 bits per heavy atom. The van der Waals surface area contributed by atoms with Gasteiger partial charge < -0.3 is 16.2 Å². The Hall–Kier alpha value is -1.75. The first-order valence-corrected chi connectivity index (χ1v) is 3.98. The van der Waals surface area contributed by atoms with E-state index in [-0.39, 0.29) is 10.6 Å². The number of amides is 2. The zero-order valence-corrected chi connectivity index (χ0v) is 7.71. The van der Waals surface area contributed by atoms with Gasteiger partial charge in [-0.15, -0.1) is 0 Å². The van der Waals surface area contributed by atoms with E-state index in [0.717, 1.165) is 0 Å². The molecular weight excluding hydrogens is 208 g/mol. The summed E-state index contributed by atoms with van der Waals surface area (Å²) in [5.41, 5.74) is 5.06. The van der Waals surface area contributed by atoms with Crippen LogP contribution in [0, 0.1) is 0 Å². The Labute approximate surface area is 84.5 Å². The number of primary amides is 1. The Bertz CT molecular complexity index is 392. The van der Waals surface area contributed by atoms with Crippen LogP contribution in [-0.2, 0) is 0 Å². The number of benzene rings is 1. The van der Waals surface area contributed by atoms with Crippen LogP contribution in [0.15, 0.2) is 18.2 Å². The fourth-order valence-electron chi connectivity index (χ4n) is 0.909. The van der Waals surface area contributed by atoms with Crippen molar-refractivity contribution in [1.29, 1.82) is 0 Å². The van der Waals surface area contributed by atoms with E-state index in [1.54, 1.807) is 0 Å². The molecule has 0 bridgehead atoms. The highest BCUT2D eigenvalue weighted by atomic mass is 35.5. The second-order valence-corrected chi connectivity index (χ2v) is 2.90. The summed E-state index contributed by atoms with van der Waals surface area (Å²) >= 11 is 5.60. The monoisotopic (exact) mass is 214 g/mol. The molecule has 0 aliphatic rings. The highest BCUT2D eigenvalue weighted by Crippen LogP contribution is 2.20. The van der Waals surface area contributed by atoms with Crippen molar-refractivity contribution in [3.05, 3.63) is 28.8 Å². The Morgan fingerprint density at radius 1 is 1.43 bits per heavy atom. The van der Waals surface area contributed by atoms with Crippen molar-refractivity contribution in [2.24, 2.45) is 5.73 Å². The molecule has 14 heavy (non-hydrogen) atoms. The molecule has 1 aromatic carbocycles. The third-order valence-electron chi connectivity index (χ3n) is 1.46. The fourth-order valence-corrected chi connectivity index (χ4v) is 1.11. The van der Waals surface area contributed by atoms with Crippen molar-refractivity contribution in [1.82, 2.24) is 0 Å². The SMILES string of the molecule is NC(=O)Nc1ccc(Cl)c(C(=O)O)c1. The summed E-state index contributed by atoms with van der Waals surface area (Å²) in [5.74, 6) is -1.16. The summed E-state index contributed by atoms with van der Waals surface area (Å²) in [5, 5.41) is 11.0. The molecule has 2 amide bonds. The quantitative estimate of drug-likeness (QED) is 0.697. The number of aromatic carboxylic acids is 1. The van der Waals surface area contributed by atoms with E-state index < -0.39 is 12.0 Å². The minimum absolute atomic E-state index is 0.0853. The van der Waals surface area contributed by atoms with Gasteiger partial charge in [0.25, 0.3) is 0 Å². The normalized spacial score (nSPS) is 9.50. The fraction of sp³-hybridized carbons (Fsp3) is 0. The minimum atomic E-state index is -1.16. The van der Waals surface area contributed by atoms with Crippen molar-refractivity contribution in [3.8, 4) is 0 Å². The van der Waals surface area contributed by atoms with Crippen molar-refractivity contribution in [2.75, 3.05) is 5.32 Å². The predicted octanol–water partition coefficient (Wildman–Crippen LogP) is 1.53. The lowest BCUT2D eigenvalue weighted by atomic mass is 10.2. The van der Waals surface area contributed by atoms with Gasteiger partial charge >= 0.3 is 12.0 Å². The number of halogens is 1. The molecule has 6 heteroatoms. The lowest BCUT2D eigenvalue weighted by Crippen LogP contribution is -2.19. The zero-order chi connectivity index (χ0) is 10.7. The molecule has 1 rings (SSSR count). The first-order valence-electron chi connectivity index (χ1n) is 3.60. The number of hydrogen-bond donors (Lipinski definition) is 3. The van der Waals surface area contributed by atoms with Crippen LogP contribution in [0.25, 0.3) is 0 Å². The second kappa shape index (κ2) is 3.97. The molecule has 5 nitrogen and oxygen atoms in total. The molecule has 74 valence electrons. The van der Waals surface area contributed by atoms with Crippen molar-refractivity contribution < 1.29 is 14.7 Å². The maximum atomic E-state index is 10.6. The lowest BCUT2D eigenvalue weighted by Gasteiger charge is -2.03. The molecule has 0 aromatic heterocycles. The number of carbonyl (C=O) groups excluding carboxylic acids is 1. The number of rotatable bonds is 2. The highest BCUT2D eigenvalue weighted by Gasteiger charge is 2.09. The zero-order valence-electron chi connectivity index (χ0n) is 6.95. The Balaban J connectivity index is 3.06. The van der Waals surface area contributed by atoms with Gasteiger partial charge in [-0.25, -0.2) is 9.59 Å². The number of carboxylic acids is 1. The van der Waals surface area contributed by atoms with E-state index in [1.807, 2.05) is 0 Å². The smallest absolute Gasteiger partial charge is 0.337 e. The number of nitrogens with one attached hydrogen (secondary N) is 1. The molecule has 0 aliphatic heterocycles. The third-order valence-corrected chi connectivity index (χ3v) is 1.79. The summed E-state index contributed by atoms with van der Waals surface area (Å²) in [6.45, 7) is 0. The van der Waals surface area contributed by atoms with Gasteiger partial charge in [0, 0.05) is 5.69 Å². The minimum Gasteiger partial charge on any atom is -0.478 e. The number of carbonyl (C=O) groups is 2. The van der Waals surface area contributed by atoms with Gasteiger partial charge in [-0.3, -0.25) is 0 Å². The van der Waals surface area contributed by atoms with Crippen molar-refractivity contribution in [2.45, 2.75) is 0 Å². The van der Waals surface area contributed by atoms with E-state index >= 15 is 0 Å². The second-order valence-electron chi connectivity index (χ2n) is 2.49. The molecule has 0 aliphatic carbocycles. The molecule has 0 heterocycles. The average Bonchev–Trinajstić information content (AvgIpc) is 2.07. The van der Waals surface area contributed by atoms with Crippen LogP contribution >= 0.6 is 11.6 Å². The first kappa shape index (κ1) is 10.3. The average molecular weight is 215 g/mol. The maximum Gasteiger partial charge on any atom is 0.337 e. The van der Waals surface area contributed by atoms with Crippen LogP contribution in [0.5, 0.6) is 0 Å². The standard InChI is InChI=1S/C8H7ClN2O3/c9-6-2-1-4(11-8(10)14)3-5(6)7(12)13/h1-3H,(H,12,13)(H3,10,11,14). The van der Waals surface area contributed by atoms with Gasteiger partial charge in [-0.2, -0.15) is 0 Å². The van der Waals surface area contributed by atoms with Gasteiger partial charge in [-0.05, 0) is 18.2 Å². The van der Waals surface area contributed by atoms with Crippen molar-refractivity contribution >= 4 is 29.3 Å². The topological polar surface area (TPSA) is 92.4 Å². The molecule has 4 N–H and O–H groups in total. The first-order chi connectivity index (χ1) is 6.50. The summed E-state index contributed by atoms with van der Waals surface area (Å²) in [6, 6.07) is 3.30. The van der Waals surface area contributed by atoms with Crippen LogP contribution in [0.4, 0.5) is 10.5 Å². The van der Waals surface area contributed by atoms with Gasteiger partial charge in [-0.1, -0.05) is 11.6 Å². The van der Waals surface area contributed by atoms with E-state index in [1.165, 1.54) is 18.2 Å². The van der Waals surface area contributed by atoms with Crippen LogP contribution in [-0.4, -0.2) is 17.1 Å². The molecule has 1 aromatic rings. The number of hydrogen-bond acceptors (Lipinski definition) is 2. The number of anilines is 1. The maximum absolute atomic E-state index is 10.6. The largest absolute Gasteiger partial charge is 0.478 e. The van der Waals surface area contributed by atoms with Crippen LogP contribution in [0.1, 0.15) is 10.4 Å². The molecule has 0 saturated heterocycles. The van der Waals surface area contributed by atoms with Crippen LogP contribution in [0.3, 0.4) is 0 Å². The molecule has 0 atom stereocenters. The summed E-state index contributed by atoms with van der Waals surface area (Å²) < 4.78 is 0. The number of urea groups is 1. The number of nitrogens with two attached hydrogens (primary N) is 1. The summed E-state index contributed by atoms with van der Waals surface area (Å²) in [6.07, 6.45) is 0. The van der Waals surface area contributed by atoms with Gasteiger partial charge in [0.1, 0.15) is 0 Å². The summed E-state index contributed by atoms with van der Waals surface area (Å²) in [4.78, 5) is 21.1. The van der Waals surface area contributed by atoms with E-state index in [2.05, 4.69) is 5.32 Å². The molecular formula is C8H7ClN2O3. The Morgan fingerprint density at radius 3 is 2.57 bits per heavy atom. The van der Waals surface area contributed by atoms with E-state index in [0.29, 0.717) is 5.69 Å². The van der Waals surface area contributed by atoms with Gasteiger partial charge in [0.05, 0.1) is 10.6 Å². The van der Waals surface area contributed by atoms with Crippen LogP contribution < -0.4 is 11.1 Å². The molecule has 0 spiro atoms. The summed E-state index contributed by atoms with van der Waals surface area (Å²) in [7, 11) is 0. The van der Waals surface area contributed by atoms with Crippen LogP contribution in [0.2, 0.25) is 5.02 Å². The van der Waals surface area contributed by atoms with E-state index in [9.17, 15) is 9.59 Å². The van der Waals surface area contributed by atoms with Gasteiger partial charge in [0.15, 0.2) is 0 Å². The molecule has 0 radical (unpaired) electrons. The third kappa shape index (κ3) is 2.37. The van der Waals surface area contributed by atoms with E-state index in [4.69, 9.17) is 22.4 Å².